The second kappa shape index (κ2) is 7.84. The van der Waals surface area contributed by atoms with Gasteiger partial charge in [-0.3, -0.25) is 9.59 Å². The maximum absolute atomic E-state index is 13.2. The summed E-state index contributed by atoms with van der Waals surface area (Å²) in [5, 5.41) is 4.97. The minimum Gasteiger partial charge on any atom is -0.359 e. The van der Waals surface area contributed by atoms with Crippen LogP contribution < -0.4 is 5.32 Å². The molecular formula is C25H30N2O2S. The highest BCUT2D eigenvalue weighted by atomic mass is 32.1. The third kappa shape index (κ3) is 3.47. The molecule has 3 aliphatic rings. The summed E-state index contributed by atoms with van der Waals surface area (Å²) in [7, 11) is 1.71. The molecule has 0 bridgehead atoms. The Bertz CT molecular complexity index is 911. The summed E-state index contributed by atoms with van der Waals surface area (Å²) < 4.78 is 0. The molecule has 1 aromatic carbocycles. The van der Waals surface area contributed by atoms with Crippen molar-refractivity contribution in [2.24, 2.45) is 23.2 Å². The lowest BCUT2D eigenvalue weighted by Crippen LogP contribution is -2.44. The van der Waals surface area contributed by atoms with Gasteiger partial charge in [-0.25, -0.2) is 0 Å². The van der Waals surface area contributed by atoms with E-state index in [-0.39, 0.29) is 11.8 Å². The van der Waals surface area contributed by atoms with E-state index in [4.69, 9.17) is 0 Å². The molecule has 1 aliphatic heterocycles. The van der Waals surface area contributed by atoms with Crippen LogP contribution in [0, 0.1) is 23.2 Å². The summed E-state index contributed by atoms with van der Waals surface area (Å²) in [6, 6.07) is 12.8. The van der Waals surface area contributed by atoms with Crippen LogP contribution in [-0.4, -0.2) is 36.9 Å². The number of nitrogens with zero attached hydrogens (tertiary/aromatic N) is 1. The standard InChI is InChI=1S/C25H30N2O2S/c1-26-24(29)25(15-17-8-10-18(11-9-17)21-7-4-14-30-21)12-13-27(16-25)23(28)22-19-5-2-3-6-20(19)22/h4,7-11,14,19-20,22H,2-3,5-6,12-13,15-16H2,1H3,(H,26,29)/t19-,20+,22?,25-/m0/s1. The second-order valence-corrected chi connectivity index (χ2v) is 10.3. The fourth-order valence-electron chi connectivity index (χ4n) is 5.93. The van der Waals surface area contributed by atoms with E-state index in [2.05, 4.69) is 47.1 Å². The van der Waals surface area contributed by atoms with Crippen LogP contribution in [-0.2, 0) is 16.0 Å². The number of benzene rings is 1. The van der Waals surface area contributed by atoms with Gasteiger partial charge in [0, 0.05) is 30.9 Å². The molecule has 4 nitrogen and oxygen atoms in total. The van der Waals surface area contributed by atoms with E-state index >= 15 is 0 Å². The van der Waals surface area contributed by atoms with E-state index < -0.39 is 5.41 Å². The van der Waals surface area contributed by atoms with Crippen LogP contribution in [0.25, 0.3) is 10.4 Å². The first-order valence-corrected chi connectivity index (χ1v) is 12.1. The number of rotatable bonds is 5. The third-order valence-electron chi connectivity index (χ3n) is 7.62. The van der Waals surface area contributed by atoms with Gasteiger partial charge in [0.15, 0.2) is 0 Å². The first-order chi connectivity index (χ1) is 14.6. The van der Waals surface area contributed by atoms with E-state index in [1.165, 1.54) is 36.1 Å². The fraction of sp³-hybridized carbons (Fsp3) is 0.520. The van der Waals surface area contributed by atoms with E-state index in [0.717, 1.165) is 12.0 Å². The van der Waals surface area contributed by atoms with Crippen molar-refractivity contribution in [1.82, 2.24) is 10.2 Å². The van der Waals surface area contributed by atoms with Crippen molar-refractivity contribution in [3.05, 3.63) is 47.3 Å². The molecule has 0 spiro atoms. The van der Waals surface area contributed by atoms with Gasteiger partial charge in [0.1, 0.15) is 0 Å². The topological polar surface area (TPSA) is 49.4 Å². The average Bonchev–Trinajstić information content (AvgIpc) is 3.11. The maximum atomic E-state index is 13.2. The first-order valence-electron chi connectivity index (χ1n) is 11.3. The van der Waals surface area contributed by atoms with Crippen molar-refractivity contribution in [2.45, 2.75) is 38.5 Å². The Labute approximate surface area is 182 Å². The minimum atomic E-state index is -0.519. The zero-order chi connectivity index (χ0) is 20.7. The Hall–Kier alpha value is -2.14. The molecule has 30 heavy (non-hydrogen) atoms. The highest BCUT2D eigenvalue weighted by Crippen LogP contribution is 2.56. The van der Waals surface area contributed by atoms with Crippen LogP contribution in [0.15, 0.2) is 41.8 Å². The molecule has 2 amide bonds. The largest absolute Gasteiger partial charge is 0.359 e. The Balaban J connectivity index is 1.31. The van der Waals surface area contributed by atoms with Crippen LogP contribution in [0.5, 0.6) is 0 Å². The summed E-state index contributed by atoms with van der Waals surface area (Å²) in [5.74, 6) is 1.84. The number of likely N-dealkylation sites (tertiary alicyclic amines) is 1. The molecule has 3 fully saturated rings. The Morgan fingerprint density at radius 2 is 1.87 bits per heavy atom. The molecule has 0 radical (unpaired) electrons. The van der Waals surface area contributed by atoms with Crippen LogP contribution in [0.2, 0.25) is 0 Å². The van der Waals surface area contributed by atoms with Gasteiger partial charge in [-0.2, -0.15) is 0 Å². The van der Waals surface area contributed by atoms with Crippen molar-refractivity contribution in [3.63, 3.8) is 0 Å². The lowest BCUT2D eigenvalue weighted by atomic mass is 9.79. The number of carbonyl (C=O) groups excluding carboxylic acids is 2. The fourth-order valence-corrected chi connectivity index (χ4v) is 6.66. The van der Waals surface area contributed by atoms with E-state index in [9.17, 15) is 9.59 Å². The van der Waals surface area contributed by atoms with Gasteiger partial charge >= 0.3 is 0 Å². The maximum Gasteiger partial charge on any atom is 0.228 e. The van der Waals surface area contributed by atoms with Crippen molar-refractivity contribution in [3.8, 4) is 10.4 Å². The number of fused-ring (bicyclic) bond motifs is 1. The number of thiophene rings is 1. The summed E-state index contributed by atoms with van der Waals surface area (Å²) in [6.07, 6.45) is 6.40. The monoisotopic (exact) mass is 422 g/mol. The smallest absolute Gasteiger partial charge is 0.228 e. The van der Waals surface area contributed by atoms with Gasteiger partial charge in [0.25, 0.3) is 0 Å². The molecule has 1 aromatic heterocycles. The molecule has 2 saturated carbocycles. The second-order valence-electron chi connectivity index (χ2n) is 9.36. The highest BCUT2D eigenvalue weighted by molar-refractivity contribution is 7.13. The first kappa shape index (κ1) is 19.8. The number of amides is 2. The van der Waals surface area contributed by atoms with Gasteiger partial charge in [-0.05, 0) is 60.1 Å². The Morgan fingerprint density at radius 1 is 1.13 bits per heavy atom. The van der Waals surface area contributed by atoms with Crippen molar-refractivity contribution in [1.29, 1.82) is 0 Å². The van der Waals surface area contributed by atoms with Gasteiger partial charge in [0.2, 0.25) is 11.8 Å². The number of carbonyl (C=O) groups is 2. The van der Waals surface area contributed by atoms with E-state index in [0.29, 0.717) is 37.3 Å². The SMILES string of the molecule is CNC(=O)[C@]1(Cc2ccc(-c3cccs3)cc2)CCN(C(=O)C2[C@H]3CCCC[C@@H]23)C1. The van der Waals surface area contributed by atoms with E-state index in [1.54, 1.807) is 18.4 Å². The molecule has 4 atom stereocenters. The third-order valence-corrected chi connectivity index (χ3v) is 8.54. The lowest BCUT2D eigenvalue weighted by Gasteiger charge is -2.28. The predicted octanol–water partition coefficient (Wildman–Crippen LogP) is 4.36. The average molecular weight is 423 g/mol. The quantitative estimate of drug-likeness (QED) is 0.778. The summed E-state index contributed by atoms with van der Waals surface area (Å²) in [4.78, 5) is 29.4. The minimum absolute atomic E-state index is 0.0633. The zero-order valence-electron chi connectivity index (χ0n) is 17.6. The van der Waals surface area contributed by atoms with Crippen LogP contribution in [0.1, 0.15) is 37.7 Å². The molecular weight excluding hydrogens is 392 g/mol. The molecule has 2 heterocycles. The molecule has 1 N–H and O–H groups in total. The molecule has 5 heteroatoms. The van der Waals surface area contributed by atoms with Crippen LogP contribution in [0.4, 0.5) is 0 Å². The molecule has 1 unspecified atom stereocenters. The Morgan fingerprint density at radius 3 is 2.50 bits per heavy atom. The summed E-state index contributed by atoms with van der Waals surface area (Å²) >= 11 is 1.73. The van der Waals surface area contributed by atoms with Crippen LogP contribution in [0.3, 0.4) is 0 Å². The van der Waals surface area contributed by atoms with Gasteiger partial charge < -0.3 is 10.2 Å². The van der Waals surface area contributed by atoms with Gasteiger partial charge in [0.05, 0.1) is 5.41 Å². The molecule has 5 rings (SSSR count). The van der Waals surface area contributed by atoms with Crippen molar-refractivity contribution < 1.29 is 9.59 Å². The lowest BCUT2D eigenvalue weighted by molar-refractivity contribution is -0.134. The number of nitrogens with one attached hydrogen (secondary N) is 1. The van der Waals surface area contributed by atoms with Gasteiger partial charge in [-0.1, -0.05) is 43.2 Å². The highest BCUT2D eigenvalue weighted by Gasteiger charge is 2.57. The normalized spacial score (nSPS) is 30.0. The van der Waals surface area contributed by atoms with Gasteiger partial charge in [-0.15, -0.1) is 11.3 Å². The Kier molecular flexibility index (Phi) is 5.18. The number of hydrogen-bond acceptors (Lipinski definition) is 3. The zero-order valence-corrected chi connectivity index (χ0v) is 18.4. The number of hydrogen-bond donors (Lipinski definition) is 1. The predicted molar refractivity (Wildman–Crippen MR) is 120 cm³/mol. The molecule has 2 aromatic rings. The van der Waals surface area contributed by atoms with E-state index in [1.807, 2.05) is 4.90 Å². The molecule has 2 aliphatic carbocycles. The molecule has 1 saturated heterocycles. The van der Waals surface area contributed by atoms with Crippen LogP contribution >= 0.6 is 11.3 Å². The summed E-state index contributed by atoms with van der Waals surface area (Å²) in [5.41, 5.74) is 1.85. The summed E-state index contributed by atoms with van der Waals surface area (Å²) in [6.45, 7) is 1.25. The van der Waals surface area contributed by atoms with Crippen molar-refractivity contribution in [2.75, 3.05) is 20.1 Å². The molecule has 158 valence electrons. The van der Waals surface area contributed by atoms with Crippen molar-refractivity contribution >= 4 is 23.2 Å².